The van der Waals surface area contributed by atoms with E-state index in [2.05, 4.69) is 5.32 Å². The minimum atomic E-state index is -0.377. The molecule has 0 fully saturated rings. The zero-order valence-electron chi connectivity index (χ0n) is 15.0. The zero-order chi connectivity index (χ0) is 18.4. The van der Waals surface area contributed by atoms with Gasteiger partial charge in [-0.05, 0) is 36.6 Å². The number of anilines is 1. The number of hydrogen-bond donors (Lipinski definition) is 2. The first-order valence-corrected chi connectivity index (χ1v) is 8.29. The second-order valence-electron chi connectivity index (χ2n) is 6.27. The minimum absolute atomic E-state index is 0.00623. The highest BCUT2D eigenvalue weighted by Crippen LogP contribution is 2.18. The van der Waals surface area contributed by atoms with E-state index < -0.39 is 0 Å². The Kier molecular flexibility index (Phi) is 6.31. The predicted octanol–water partition coefficient (Wildman–Crippen LogP) is 2.79. The maximum Gasteiger partial charge on any atom is 0.243 e. The molecule has 2 aromatic carbocycles. The van der Waals surface area contributed by atoms with Crippen molar-refractivity contribution in [3.05, 3.63) is 65.2 Å². The molecule has 0 aliphatic heterocycles. The van der Waals surface area contributed by atoms with E-state index >= 15 is 0 Å². The zero-order valence-corrected chi connectivity index (χ0v) is 15.0. The lowest BCUT2D eigenvalue weighted by molar-refractivity contribution is -0.133. The molecule has 132 valence electrons. The van der Waals surface area contributed by atoms with Crippen LogP contribution in [0.1, 0.15) is 29.2 Å². The number of carbonyl (C=O) groups excluding carboxylic acids is 2. The van der Waals surface area contributed by atoms with Crippen LogP contribution in [0.5, 0.6) is 0 Å². The number of nitrogens with zero attached hydrogens (tertiary/aromatic N) is 1. The summed E-state index contributed by atoms with van der Waals surface area (Å²) in [6.45, 7) is 3.94. The van der Waals surface area contributed by atoms with Gasteiger partial charge < -0.3 is 16.0 Å². The van der Waals surface area contributed by atoms with Gasteiger partial charge in [0.05, 0.1) is 6.54 Å². The fraction of sp³-hybridized carbons (Fsp3) is 0.300. The molecular formula is C20H25N3O2. The summed E-state index contributed by atoms with van der Waals surface area (Å²) in [5.74, 6) is -0.384. The van der Waals surface area contributed by atoms with E-state index in [1.165, 1.54) is 4.90 Å². The van der Waals surface area contributed by atoms with E-state index in [0.29, 0.717) is 0 Å². The molecule has 2 aromatic rings. The lowest BCUT2D eigenvalue weighted by Gasteiger charge is -2.20. The number of amides is 2. The van der Waals surface area contributed by atoms with Crippen molar-refractivity contribution >= 4 is 17.5 Å². The van der Waals surface area contributed by atoms with Gasteiger partial charge in [0.2, 0.25) is 11.8 Å². The molecule has 0 bridgehead atoms. The van der Waals surface area contributed by atoms with Crippen LogP contribution in [0.15, 0.2) is 48.5 Å². The molecule has 0 saturated carbocycles. The van der Waals surface area contributed by atoms with Crippen molar-refractivity contribution in [3.63, 3.8) is 0 Å². The lowest BCUT2D eigenvalue weighted by Crippen LogP contribution is -2.36. The number of nitrogens with two attached hydrogens (primary N) is 1. The third-order valence-corrected chi connectivity index (χ3v) is 4.31. The lowest BCUT2D eigenvalue weighted by atomic mass is 10.0. The van der Waals surface area contributed by atoms with Crippen molar-refractivity contribution in [2.45, 2.75) is 26.3 Å². The van der Waals surface area contributed by atoms with Crippen LogP contribution in [0.25, 0.3) is 0 Å². The van der Waals surface area contributed by atoms with Crippen LogP contribution in [-0.2, 0) is 9.59 Å². The predicted molar refractivity (Wildman–Crippen MR) is 100 cm³/mol. The van der Waals surface area contributed by atoms with Crippen molar-refractivity contribution < 1.29 is 9.59 Å². The third kappa shape index (κ3) is 5.16. The quantitative estimate of drug-likeness (QED) is 0.850. The SMILES string of the molecule is Cc1cccc(NC(=O)CN(C)C(=O)CC(N)c2ccccc2)c1C. The van der Waals surface area contributed by atoms with Crippen molar-refractivity contribution in [2.75, 3.05) is 18.9 Å². The topological polar surface area (TPSA) is 75.4 Å². The number of carbonyl (C=O) groups is 2. The second kappa shape index (κ2) is 8.44. The van der Waals surface area contributed by atoms with Crippen molar-refractivity contribution in [3.8, 4) is 0 Å². The third-order valence-electron chi connectivity index (χ3n) is 4.31. The average Bonchev–Trinajstić information content (AvgIpc) is 2.59. The summed E-state index contributed by atoms with van der Waals surface area (Å²) in [5.41, 5.74) is 9.88. The van der Waals surface area contributed by atoms with Crippen LogP contribution in [0.2, 0.25) is 0 Å². The first kappa shape index (κ1) is 18.7. The van der Waals surface area contributed by atoms with Gasteiger partial charge in [-0.2, -0.15) is 0 Å². The average molecular weight is 339 g/mol. The fourth-order valence-corrected chi connectivity index (χ4v) is 2.54. The van der Waals surface area contributed by atoms with Gasteiger partial charge in [-0.3, -0.25) is 9.59 Å². The van der Waals surface area contributed by atoms with Crippen molar-refractivity contribution in [1.82, 2.24) is 4.90 Å². The van der Waals surface area contributed by atoms with Gasteiger partial charge in [0.1, 0.15) is 0 Å². The Hall–Kier alpha value is -2.66. The normalized spacial score (nSPS) is 11.7. The Balaban J connectivity index is 1.90. The van der Waals surface area contributed by atoms with Crippen molar-refractivity contribution in [2.24, 2.45) is 5.73 Å². The maximum atomic E-state index is 12.3. The molecule has 0 saturated heterocycles. The van der Waals surface area contributed by atoms with E-state index in [1.807, 2.05) is 62.4 Å². The molecule has 2 amide bonds. The van der Waals surface area contributed by atoms with E-state index in [9.17, 15) is 9.59 Å². The number of hydrogen-bond acceptors (Lipinski definition) is 3. The van der Waals surface area contributed by atoms with Crippen LogP contribution in [0.4, 0.5) is 5.69 Å². The summed E-state index contributed by atoms with van der Waals surface area (Å²) >= 11 is 0. The maximum absolute atomic E-state index is 12.3. The highest BCUT2D eigenvalue weighted by atomic mass is 16.2. The van der Waals surface area contributed by atoms with Gasteiger partial charge in [-0.1, -0.05) is 42.5 Å². The molecule has 0 radical (unpaired) electrons. The number of aryl methyl sites for hydroxylation is 1. The first-order valence-electron chi connectivity index (χ1n) is 8.29. The molecule has 0 heterocycles. The summed E-state index contributed by atoms with van der Waals surface area (Å²) < 4.78 is 0. The van der Waals surface area contributed by atoms with Gasteiger partial charge in [0.15, 0.2) is 0 Å². The largest absolute Gasteiger partial charge is 0.336 e. The standard InChI is InChI=1S/C20H25N3O2/c1-14-8-7-11-18(15(14)2)22-19(24)13-23(3)20(25)12-17(21)16-9-5-4-6-10-16/h4-11,17H,12-13,21H2,1-3H3,(H,22,24). The number of rotatable bonds is 6. The van der Waals surface area contributed by atoms with Crippen LogP contribution < -0.4 is 11.1 Å². The highest BCUT2D eigenvalue weighted by Gasteiger charge is 2.17. The Morgan fingerprint density at radius 1 is 1.08 bits per heavy atom. The monoisotopic (exact) mass is 339 g/mol. The molecule has 1 atom stereocenters. The molecule has 0 aliphatic carbocycles. The van der Waals surface area contributed by atoms with Gasteiger partial charge >= 0.3 is 0 Å². The van der Waals surface area contributed by atoms with Gasteiger partial charge in [-0.15, -0.1) is 0 Å². The van der Waals surface area contributed by atoms with Crippen LogP contribution in [0.3, 0.4) is 0 Å². The summed E-state index contributed by atoms with van der Waals surface area (Å²) in [4.78, 5) is 25.9. The Morgan fingerprint density at radius 3 is 2.44 bits per heavy atom. The molecule has 25 heavy (non-hydrogen) atoms. The Morgan fingerprint density at radius 2 is 1.76 bits per heavy atom. The number of likely N-dealkylation sites (N-methyl/N-ethyl adjacent to an activating group) is 1. The van der Waals surface area contributed by atoms with E-state index in [1.54, 1.807) is 7.05 Å². The summed E-state index contributed by atoms with van der Waals surface area (Å²) in [7, 11) is 1.61. The molecule has 0 spiro atoms. The molecule has 0 aromatic heterocycles. The highest BCUT2D eigenvalue weighted by molar-refractivity contribution is 5.95. The number of benzene rings is 2. The molecular weight excluding hydrogens is 314 g/mol. The smallest absolute Gasteiger partial charge is 0.243 e. The number of nitrogens with one attached hydrogen (secondary N) is 1. The van der Waals surface area contributed by atoms with E-state index in [-0.39, 0.29) is 30.8 Å². The summed E-state index contributed by atoms with van der Waals surface area (Å²) in [6, 6.07) is 14.8. The fourth-order valence-electron chi connectivity index (χ4n) is 2.54. The molecule has 5 heteroatoms. The van der Waals surface area contributed by atoms with Gasteiger partial charge in [0.25, 0.3) is 0 Å². The molecule has 3 N–H and O–H groups in total. The molecule has 0 aliphatic rings. The molecule has 2 rings (SSSR count). The van der Waals surface area contributed by atoms with Crippen LogP contribution >= 0.6 is 0 Å². The Bertz CT molecular complexity index is 744. The summed E-state index contributed by atoms with van der Waals surface area (Å²) in [5, 5.41) is 2.86. The summed E-state index contributed by atoms with van der Waals surface area (Å²) in [6.07, 6.45) is 0.164. The van der Waals surface area contributed by atoms with Crippen LogP contribution in [0, 0.1) is 13.8 Å². The first-order chi connectivity index (χ1) is 11.9. The van der Waals surface area contributed by atoms with E-state index in [0.717, 1.165) is 22.4 Å². The second-order valence-corrected chi connectivity index (χ2v) is 6.27. The van der Waals surface area contributed by atoms with Gasteiger partial charge in [-0.25, -0.2) is 0 Å². The van der Waals surface area contributed by atoms with E-state index in [4.69, 9.17) is 5.73 Å². The molecule has 5 nitrogen and oxygen atoms in total. The van der Waals surface area contributed by atoms with Gasteiger partial charge in [0, 0.05) is 25.2 Å². The molecule has 1 unspecified atom stereocenters. The Labute approximate surface area is 148 Å². The van der Waals surface area contributed by atoms with Crippen molar-refractivity contribution in [1.29, 1.82) is 0 Å². The van der Waals surface area contributed by atoms with Crippen LogP contribution in [-0.4, -0.2) is 30.3 Å². The minimum Gasteiger partial charge on any atom is -0.336 e.